The SMILES string of the molecule is c1cnc2nc(N3CCCN(Cc4cscn4)CC3)ccc2n1. The topological polar surface area (TPSA) is 58.0 Å². The molecule has 23 heavy (non-hydrogen) atoms. The highest BCUT2D eigenvalue weighted by Gasteiger charge is 2.17. The van der Waals surface area contributed by atoms with E-state index in [4.69, 9.17) is 0 Å². The number of fused-ring (bicyclic) bond motifs is 1. The van der Waals surface area contributed by atoms with Crippen molar-refractivity contribution in [2.75, 3.05) is 31.1 Å². The van der Waals surface area contributed by atoms with Crippen molar-refractivity contribution in [2.45, 2.75) is 13.0 Å². The molecule has 0 aromatic carbocycles. The first kappa shape index (κ1) is 14.5. The summed E-state index contributed by atoms with van der Waals surface area (Å²) in [5.41, 5.74) is 4.63. The molecule has 0 unspecified atom stereocenters. The van der Waals surface area contributed by atoms with Crippen molar-refractivity contribution in [2.24, 2.45) is 0 Å². The maximum Gasteiger partial charge on any atom is 0.180 e. The minimum Gasteiger partial charge on any atom is -0.355 e. The van der Waals surface area contributed by atoms with E-state index in [0.29, 0.717) is 5.65 Å². The summed E-state index contributed by atoms with van der Waals surface area (Å²) in [7, 11) is 0. The van der Waals surface area contributed by atoms with Crippen molar-refractivity contribution in [3.05, 3.63) is 41.1 Å². The van der Waals surface area contributed by atoms with Gasteiger partial charge in [0.25, 0.3) is 0 Å². The Morgan fingerprint density at radius 3 is 2.87 bits per heavy atom. The summed E-state index contributed by atoms with van der Waals surface area (Å²) in [5.74, 6) is 0.994. The molecule has 118 valence electrons. The molecule has 1 fully saturated rings. The first-order valence-corrected chi connectivity index (χ1v) is 8.75. The van der Waals surface area contributed by atoms with Crippen LogP contribution in [-0.4, -0.2) is 51.0 Å². The van der Waals surface area contributed by atoms with Crippen LogP contribution >= 0.6 is 11.3 Å². The van der Waals surface area contributed by atoms with E-state index in [9.17, 15) is 0 Å². The lowest BCUT2D eigenvalue weighted by Crippen LogP contribution is -2.31. The zero-order valence-corrected chi connectivity index (χ0v) is 13.6. The highest BCUT2D eigenvalue weighted by atomic mass is 32.1. The van der Waals surface area contributed by atoms with E-state index in [-0.39, 0.29) is 0 Å². The Hall–Kier alpha value is -2.12. The molecule has 0 spiro atoms. The van der Waals surface area contributed by atoms with Crippen LogP contribution in [0.2, 0.25) is 0 Å². The van der Waals surface area contributed by atoms with Gasteiger partial charge < -0.3 is 4.90 Å². The Morgan fingerprint density at radius 1 is 1.00 bits per heavy atom. The highest BCUT2D eigenvalue weighted by molar-refractivity contribution is 7.07. The summed E-state index contributed by atoms with van der Waals surface area (Å²) >= 11 is 1.66. The average Bonchev–Trinajstić information content (AvgIpc) is 2.99. The molecule has 0 aliphatic carbocycles. The Labute approximate surface area is 138 Å². The van der Waals surface area contributed by atoms with Gasteiger partial charge in [-0.25, -0.2) is 15.0 Å². The summed E-state index contributed by atoms with van der Waals surface area (Å²) in [4.78, 5) is 22.5. The number of anilines is 1. The molecule has 1 aliphatic heterocycles. The summed E-state index contributed by atoms with van der Waals surface area (Å²) in [6.45, 7) is 5.06. The molecule has 1 saturated heterocycles. The molecular formula is C16H18N6S. The van der Waals surface area contributed by atoms with E-state index >= 15 is 0 Å². The van der Waals surface area contributed by atoms with Gasteiger partial charge in [0.1, 0.15) is 11.3 Å². The Kier molecular flexibility index (Phi) is 4.12. The Bertz CT molecular complexity index is 775. The average molecular weight is 326 g/mol. The molecule has 4 rings (SSSR count). The van der Waals surface area contributed by atoms with Crippen molar-refractivity contribution in [3.8, 4) is 0 Å². The van der Waals surface area contributed by atoms with E-state index in [0.717, 1.165) is 50.5 Å². The lowest BCUT2D eigenvalue weighted by molar-refractivity contribution is 0.282. The Morgan fingerprint density at radius 2 is 1.96 bits per heavy atom. The van der Waals surface area contributed by atoms with Gasteiger partial charge in [-0.15, -0.1) is 11.3 Å². The van der Waals surface area contributed by atoms with Crippen LogP contribution in [0.3, 0.4) is 0 Å². The molecule has 0 N–H and O–H groups in total. The van der Waals surface area contributed by atoms with E-state index < -0.39 is 0 Å². The lowest BCUT2D eigenvalue weighted by atomic mass is 10.3. The van der Waals surface area contributed by atoms with Crippen molar-refractivity contribution in [1.29, 1.82) is 0 Å². The van der Waals surface area contributed by atoms with Crippen LogP contribution in [0.5, 0.6) is 0 Å². The van der Waals surface area contributed by atoms with E-state index in [1.807, 2.05) is 17.6 Å². The standard InChI is InChI=1S/C16H18N6S/c1-6-21(10-13-11-23-12-19-13)8-9-22(7-1)15-3-2-14-16(20-15)18-5-4-17-14/h2-5,11-12H,1,6-10H2. The molecule has 3 aromatic rings. The second-order valence-corrected chi connectivity index (χ2v) is 6.38. The third-order valence-corrected chi connectivity index (χ3v) is 4.73. The smallest absolute Gasteiger partial charge is 0.180 e. The van der Waals surface area contributed by atoms with Gasteiger partial charge in [0.15, 0.2) is 5.65 Å². The number of hydrogen-bond donors (Lipinski definition) is 0. The normalized spacial score (nSPS) is 16.6. The third kappa shape index (κ3) is 3.30. The van der Waals surface area contributed by atoms with Crippen LogP contribution in [-0.2, 0) is 6.54 Å². The molecule has 0 saturated carbocycles. The summed E-state index contributed by atoms with van der Waals surface area (Å²) in [6.07, 6.45) is 4.52. The number of hydrogen-bond acceptors (Lipinski definition) is 7. The molecule has 3 aromatic heterocycles. The van der Waals surface area contributed by atoms with Crippen LogP contribution in [0, 0.1) is 0 Å². The fourth-order valence-electron chi connectivity index (χ4n) is 2.92. The van der Waals surface area contributed by atoms with E-state index in [1.165, 1.54) is 5.69 Å². The molecule has 4 heterocycles. The van der Waals surface area contributed by atoms with Crippen LogP contribution in [0.25, 0.3) is 11.2 Å². The fourth-order valence-corrected chi connectivity index (χ4v) is 3.47. The first-order valence-electron chi connectivity index (χ1n) is 7.81. The van der Waals surface area contributed by atoms with Crippen LogP contribution < -0.4 is 4.90 Å². The van der Waals surface area contributed by atoms with Crippen LogP contribution in [0.1, 0.15) is 12.1 Å². The maximum absolute atomic E-state index is 4.66. The molecule has 0 bridgehead atoms. The number of rotatable bonds is 3. The summed E-state index contributed by atoms with van der Waals surface area (Å²) in [5, 5.41) is 2.13. The van der Waals surface area contributed by atoms with E-state index in [2.05, 4.69) is 35.1 Å². The van der Waals surface area contributed by atoms with Crippen LogP contribution in [0.4, 0.5) is 5.82 Å². The number of aromatic nitrogens is 4. The molecule has 0 radical (unpaired) electrons. The van der Waals surface area contributed by atoms with E-state index in [1.54, 1.807) is 23.7 Å². The van der Waals surface area contributed by atoms with Crippen molar-refractivity contribution in [3.63, 3.8) is 0 Å². The zero-order valence-electron chi connectivity index (χ0n) is 12.8. The van der Waals surface area contributed by atoms with Crippen molar-refractivity contribution < 1.29 is 0 Å². The number of thiazole rings is 1. The first-order chi connectivity index (χ1) is 11.4. The van der Waals surface area contributed by atoms with Crippen LogP contribution in [0.15, 0.2) is 35.4 Å². The molecule has 7 heteroatoms. The van der Waals surface area contributed by atoms with Crippen molar-refractivity contribution >= 4 is 28.3 Å². The van der Waals surface area contributed by atoms with Gasteiger partial charge in [-0.2, -0.15) is 0 Å². The lowest BCUT2D eigenvalue weighted by Gasteiger charge is -2.22. The predicted octanol–water partition coefficient (Wildman–Crippen LogP) is 2.19. The largest absolute Gasteiger partial charge is 0.355 e. The number of nitrogens with zero attached hydrogens (tertiary/aromatic N) is 6. The summed E-state index contributed by atoms with van der Waals surface area (Å²) in [6, 6.07) is 4.05. The van der Waals surface area contributed by atoms with Gasteiger partial charge in [0, 0.05) is 50.5 Å². The Balaban J connectivity index is 1.47. The van der Waals surface area contributed by atoms with Gasteiger partial charge in [-0.1, -0.05) is 0 Å². The quantitative estimate of drug-likeness (QED) is 0.735. The minimum absolute atomic E-state index is 0.716. The number of pyridine rings is 1. The summed E-state index contributed by atoms with van der Waals surface area (Å²) < 4.78 is 0. The van der Waals surface area contributed by atoms with Gasteiger partial charge in [0.2, 0.25) is 0 Å². The second kappa shape index (κ2) is 6.55. The zero-order chi connectivity index (χ0) is 15.5. The molecule has 0 atom stereocenters. The van der Waals surface area contributed by atoms with Gasteiger partial charge in [0.05, 0.1) is 11.2 Å². The second-order valence-electron chi connectivity index (χ2n) is 5.67. The predicted molar refractivity (Wildman–Crippen MR) is 91.6 cm³/mol. The fraction of sp³-hybridized carbons (Fsp3) is 0.375. The molecule has 1 aliphatic rings. The van der Waals surface area contributed by atoms with Gasteiger partial charge in [-0.05, 0) is 18.6 Å². The molecule has 6 nitrogen and oxygen atoms in total. The maximum atomic E-state index is 4.66. The molecular weight excluding hydrogens is 308 g/mol. The highest BCUT2D eigenvalue weighted by Crippen LogP contribution is 2.17. The third-order valence-electron chi connectivity index (χ3n) is 4.10. The van der Waals surface area contributed by atoms with Gasteiger partial charge in [-0.3, -0.25) is 9.88 Å². The van der Waals surface area contributed by atoms with Crippen molar-refractivity contribution in [1.82, 2.24) is 24.8 Å². The monoisotopic (exact) mass is 326 g/mol. The molecule has 0 amide bonds. The minimum atomic E-state index is 0.716. The van der Waals surface area contributed by atoms with Gasteiger partial charge >= 0.3 is 0 Å².